The Morgan fingerprint density at radius 3 is 2.47 bits per heavy atom. The molecular formula is C42H47N7O11. The average molecular weight is 826 g/mol. The summed E-state index contributed by atoms with van der Waals surface area (Å²) in [5, 5.41) is 37.3. The summed E-state index contributed by atoms with van der Waals surface area (Å²) in [6.45, 7) is 6.03. The number of nitro groups is 1. The molecule has 0 saturated heterocycles. The number of carbonyl (C=O) groups is 3. The van der Waals surface area contributed by atoms with Gasteiger partial charge < -0.3 is 39.8 Å². The molecule has 0 bridgehead atoms. The van der Waals surface area contributed by atoms with Crippen LogP contribution in [0.15, 0.2) is 92.2 Å². The first kappa shape index (κ1) is 44.2. The Morgan fingerprint density at radius 1 is 0.933 bits per heavy atom. The van der Waals surface area contributed by atoms with Crippen molar-refractivity contribution >= 4 is 68.6 Å². The van der Waals surface area contributed by atoms with E-state index in [2.05, 4.69) is 35.8 Å². The number of rotatable bonds is 23. The fourth-order valence-electron chi connectivity index (χ4n) is 6.11. The molecule has 2 heterocycles. The van der Waals surface area contributed by atoms with Crippen LogP contribution in [-0.2, 0) is 19.1 Å². The van der Waals surface area contributed by atoms with Crippen LogP contribution in [0, 0.1) is 10.1 Å². The zero-order valence-corrected chi connectivity index (χ0v) is 33.3. The van der Waals surface area contributed by atoms with E-state index in [1.54, 1.807) is 42.5 Å². The SMILES string of the molecule is CCN(CC)c1ccc2cc(C(=O)NCCOCCOC(=O)C(C=Cc3ccc(NC(=O)CCCCCNc4ccc([N+](=O)[O-])c5nonc45)cc3)=CCO)c(=O)oc2c1. The van der Waals surface area contributed by atoms with Gasteiger partial charge in [0.25, 0.3) is 5.91 Å². The van der Waals surface area contributed by atoms with E-state index in [4.69, 9.17) is 13.9 Å². The molecule has 0 aliphatic rings. The molecule has 3 aromatic carbocycles. The Kier molecular flexibility index (Phi) is 16.4. The van der Waals surface area contributed by atoms with Crippen molar-refractivity contribution in [2.75, 3.05) is 68.1 Å². The number of unbranched alkanes of at least 4 members (excludes halogenated alkanes) is 2. The van der Waals surface area contributed by atoms with Crippen LogP contribution in [-0.4, -0.2) is 90.7 Å². The highest BCUT2D eigenvalue weighted by Gasteiger charge is 2.19. The minimum absolute atomic E-state index is 0.0467. The molecule has 0 radical (unpaired) electrons. The molecule has 0 aliphatic carbocycles. The predicted octanol–water partition coefficient (Wildman–Crippen LogP) is 5.62. The van der Waals surface area contributed by atoms with Crippen molar-refractivity contribution in [2.24, 2.45) is 0 Å². The Balaban J connectivity index is 0.957. The van der Waals surface area contributed by atoms with Gasteiger partial charge in [0.05, 0.1) is 36.0 Å². The Morgan fingerprint density at radius 2 is 1.72 bits per heavy atom. The highest BCUT2D eigenvalue weighted by molar-refractivity contribution is 5.97. The topological polar surface area (TPSA) is 242 Å². The number of aliphatic hydroxyl groups is 1. The molecule has 316 valence electrons. The van der Waals surface area contributed by atoms with Crippen LogP contribution in [0.25, 0.3) is 28.1 Å². The highest BCUT2D eigenvalue weighted by Crippen LogP contribution is 2.29. The molecule has 2 aromatic heterocycles. The number of hydrogen-bond acceptors (Lipinski definition) is 15. The third-order valence-electron chi connectivity index (χ3n) is 9.27. The summed E-state index contributed by atoms with van der Waals surface area (Å²) >= 11 is 0. The zero-order chi connectivity index (χ0) is 42.9. The molecule has 0 saturated carbocycles. The van der Waals surface area contributed by atoms with Crippen molar-refractivity contribution in [1.29, 1.82) is 0 Å². The van der Waals surface area contributed by atoms with Gasteiger partial charge in [-0.3, -0.25) is 19.7 Å². The van der Waals surface area contributed by atoms with E-state index in [9.17, 15) is 34.4 Å². The van der Waals surface area contributed by atoms with Crippen LogP contribution in [0.4, 0.5) is 22.7 Å². The summed E-state index contributed by atoms with van der Waals surface area (Å²) in [6.07, 6.45) is 6.99. The maximum Gasteiger partial charge on any atom is 0.349 e. The van der Waals surface area contributed by atoms with Crippen molar-refractivity contribution < 1.29 is 42.9 Å². The number of hydrogen-bond donors (Lipinski definition) is 4. The lowest BCUT2D eigenvalue weighted by molar-refractivity contribution is -0.383. The van der Waals surface area contributed by atoms with Gasteiger partial charge in [-0.15, -0.1) is 0 Å². The Bertz CT molecular complexity index is 2390. The number of esters is 1. The van der Waals surface area contributed by atoms with Crippen LogP contribution in [0.3, 0.4) is 0 Å². The summed E-state index contributed by atoms with van der Waals surface area (Å²) in [5.74, 6) is -1.40. The van der Waals surface area contributed by atoms with Crippen molar-refractivity contribution in [3.8, 4) is 0 Å². The minimum atomic E-state index is -0.740. The van der Waals surface area contributed by atoms with Crippen molar-refractivity contribution in [3.05, 3.63) is 110 Å². The largest absolute Gasteiger partial charge is 0.460 e. The fraction of sp³-hybridized carbons (Fsp3) is 0.333. The van der Waals surface area contributed by atoms with Crippen molar-refractivity contribution in [3.63, 3.8) is 0 Å². The molecule has 0 spiro atoms. The number of amides is 2. The molecule has 0 fully saturated rings. The summed E-state index contributed by atoms with van der Waals surface area (Å²) in [4.78, 5) is 63.1. The normalized spacial score (nSPS) is 11.6. The van der Waals surface area contributed by atoms with E-state index in [-0.39, 0.29) is 66.7 Å². The lowest BCUT2D eigenvalue weighted by atomic mass is 10.1. The molecule has 0 unspecified atom stereocenters. The molecule has 18 heteroatoms. The van der Waals surface area contributed by atoms with E-state index in [1.165, 1.54) is 24.3 Å². The minimum Gasteiger partial charge on any atom is -0.460 e. The smallest absolute Gasteiger partial charge is 0.349 e. The molecule has 4 N–H and O–H groups in total. The maximum atomic E-state index is 12.7. The zero-order valence-electron chi connectivity index (χ0n) is 33.3. The summed E-state index contributed by atoms with van der Waals surface area (Å²) < 4.78 is 20.9. The number of benzene rings is 3. The molecule has 5 rings (SSSR count). The number of nitrogens with zero attached hydrogens (tertiary/aromatic N) is 4. The molecular weight excluding hydrogens is 778 g/mol. The second kappa shape index (κ2) is 22.3. The van der Waals surface area contributed by atoms with Crippen molar-refractivity contribution in [2.45, 2.75) is 39.5 Å². The first-order chi connectivity index (χ1) is 29.1. The van der Waals surface area contributed by atoms with Crippen LogP contribution in [0.1, 0.15) is 55.5 Å². The van der Waals surface area contributed by atoms with Gasteiger partial charge in [-0.05, 0) is 91.1 Å². The van der Waals surface area contributed by atoms with Gasteiger partial charge in [0.2, 0.25) is 11.4 Å². The number of ether oxygens (including phenoxy) is 2. The first-order valence-electron chi connectivity index (χ1n) is 19.5. The number of nitro benzene ring substituents is 1. The Labute approximate surface area is 344 Å². The molecule has 18 nitrogen and oxygen atoms in total. The summed E-state index contributed by atoms with van der Waals surface area (Å²) in [6, 6.07) is 16.9. The quantitative estimate of drug-likeness (QED) is 0.0119. The second-order valence-electron chi connectivity index (χ2n) is 13.3. The third-order valence-corrected chi connectivity index (χ3v) is 9.27. The number of nitrogens with one attached hydrogen (secondary N) is 3. The van der Waals surface area contributed by atoms with Gasteiger partial charge in [0.1, 0.15) is 17.8 Å². The molecule has 60 heavy (non-hydrogen) atoms. The Hall–Kier alpha value is -6.92. The number of non-ortho nitro benzene ring substituents is 1. The van der Waals surface area contributed by atoms with Crippen LogP contribution < -0.4 is 26.5 Å². The number of aliphatic hydroxyl groups excluding tert-OH is 1. The molecule has 2 amide bonds. The maximum absolute atomic E-state index is 12.7. The number of carbonyl (C=O) groups excluding carboxylic acids is 3. The third kappa shape index (κ3) is 12.3. The van der Waals surface area contributed by atoms with Gasteiger partial charge in [0.15, 0.2) is 5.52 Å². The van der Waals surface area contributed by atoms with Crippen molar-refractivity contribution in [1.82, 2.24) is 15.6 Å². The fourth-order valence-corrected chi connectivity index (χ4v) is 6.11. The van der Waals surface area contributed by atoms with Gasteiger partial charge >= 0.3 is 17.3 Å². The average Bonchev–Trinajstić information content (AvgIpc) is 3.74. The van der Waals surface area contributed by atoms with Crippen LogP contribution in [0.5, 0.6) is 0 Å². The lowest BCUT2D eigenvalue weighted by Gasteiger charge is -2.21. The van der Waals surface area contributed by atoms with E-state index >= 15 is 0 Å². The first-order valence-corrected chi connectivity index (χ1v) is 19.5. The van der Waals surface area contributed by atoms with Gasteiger partial charge in [-0.1, -0.05) is 24.6 Å². The standard InChI is InChI=1S/C42H47N7O11/c1-3-48(4-2)32-16-13-30-26-33(42(54)59-36(30)27-32)40(52)44-21-23-57-24-25-58-41(53)29(19-22-50)12-9-28-10-14-31(15-11-28)45-37(51)8-6-5-7-20-43-34-17-18-35(49(55)56)39-38(34)46-60-47-39/h9-19,26-27,43,50H,3-8,20-25H2,1-2H3,(H,44,52)(H,45,51). The van der Waals surface area contributed by atoms with Gasteiger partial charge in [-0.25, -0.2) is 14.2 Å². The number of fused-ring (bicyclic) bond motifs is 2. The summed E-state index contributed by atoms with van der Waals surface area (Å²) in [5.41, 5.74) is 2.70. The lowest BCUT2D eigenvalue weighted by Crippen LogP contribution is -2.31. The number of aromatic nitrogens is 2. The van der Waals surface area contributed by atoms with Crippen LogP contribution >= 0.6 is 0 Å². The monoisotopic (exact) mass is 825 g/mol. The second-order valence-corrected chi connectivity index (χ2v) is 13.3. The van der Waals surface area contributed by atoms with E-state index in [0.717, 1.165) is 37.2 Å². The molecule has 0 atom stereocenters. The van der Waals surface area contributed by atoms with Gasteiger partial charge in [-0.2, -0.15) is 0 Å². The number of anilines is 3. The van der Waals surface area contributed by atoms with E-state index < -0.39 is 22.4 Å². The van der Waals surface area contributed by atoms with Gasteiger partial charge in [0, 0.05) is 61.5 Å². The van der Waals surface area contributed by atoms with E-state index in [1.807, 2.05) is 26.0 Å². The summed E-state index contributed by atoms with van der Waals surface area (Å²) in [7, 11) is 0. The predicted molar refractivity (Wildman–Crippen MR) is 225 cm³/mol. The molecule has 5 aromatic rings. The van der Waals surface area contributed by atoms with Crippen LogP contribution in [0.2, 0.25) is 0 Å². The molecule has 0 aliphatic heterocycles. The highest BCUT2D eigenvalue weighted by atomic mass is 16.6. The van der Waals surface area contributed by atoms with E-state index in [0.29, 0.717) is 41.7 Å².